The normalized spacial score (nSPS) is 10.2. The molecular formula is C13H12N2O. The molecule has 0 fully saturated rings. The van der Waals surface area contributed by atoms with E-state index in [1.165, 1.54) is 0 Å². The first-order chi connectivity index (χ1) is 7.74. The highest BCUT2D eigenvalue weighted by molar-refractivity contribution is 6.08. The number of hydrogen-bond donors (Lipinski definition) is 0. The van der Waals surface area contributed by atoms with E-state index in [-0.39, 0.29) is 12.2 Å². The van der Waals surface area contributed by atoms with Gasteiger partial charge in [0.1, 0.15) is 0 Å². The van der Waals surface area contributed by atoms with Crippen LogP contribution in [0.5, 0.6) is 0 Å². The van der Waals surface area contributed by atoms with Gasteiger partial charge in [0.2, 0.25) is 0 Å². The Morgan fingerprint density at radius 1 is 1.44 bits per heavy atom. The number of carbonyl (C=O) groups excluding carboxylic acids is 1. The Kier molecular flexibility index (Phi) is 2.74. The molecule has 0 saturated heterocycles. The fraction of sp³-hybridized carbons (Fsp3) is 0.231. The molecule has 0 aliphatic rings. The lowest BCUT2D eigenvalue weighted by Gasteiger charge is -1.95. The van der Waals surface area contributed by atoms with E-state index < -0.39 is 0 Å². The van der Waals surface area contributed by atoms with Gasteiger partial charge in [-0.3, -0.25) is 4.79 Å². The molecule has 0 saturated carbocycles. The lowest BCUT2D eigenvalue weighted by atomic mass is 10.1. The van der Waals surface area contributed by atoms with Gasteiger partial charge in [0.15, 0.2) is 5.78 Å². The molecule has 16 heavy (non-hydrogen) atoms. The molecule has 1 aromatic heterocycles. The maximum absolute atomic E-state index is 11.9. The maximum atomic E-state index is 11.9. The van der Waals surface area contributed by atoms with E-state index in [9.17, 15) is 4.79 Å². The minimum absolute atomic E-state index is 0.0401. The average molecular weight is 212 g/mol. The number of carbonyl (C=O) groups is 1. The first-order valence-electron chi connectivity index (χ1n) is 5.18. The summed E-state index contributed by atoms with van der Waals surface area (Å²) in [6.07, 6.45) is 2.41. The second kappa shape index (κ2) is 4.19. The van der Waals surface area contributed by atoms with Crippen LogP contribution in [0.1, 0.15) is 23.2 Å². The Bertz CT molecular complexity index is 575. The topological polar surface area (TPSA) is 45.8 Å². The molecule has 2 rings (SSSR count). The largest absolute Gasteiger partial charge is 0.350 e. The zero-order valence-corrected chi connectivity index (χ0v) is 9.10. The highest BCUT2D eigenvalue weighted by Gasteiger charge is 2.12. The molecule has 0 aliphatic carbocycles. The predicted octanol–water partition coefficient (Wildman–Crippen LogP) is 2.66. The number of aryl methyl sites for hydroxylation is 1. The van der Waals surface area contributed by atoms with Crippen molar-refractivity contribution in [1.29, 1.82) is 5.26 Å². The van der Waals surface area contributed by atoms with Crippen LogP contribution in [0.2, 0.25) is 0 Å². The number of fused-ring (bicyclic) bond motifs is 1. The van der Waals surface area contributed by atoms with Gasteiger partial charge >= 0.3 is 0 Å². The van der Waals surface area contributed by atoms with E-state index in [1.54, 1.807) is 0 Å². The van der Waals surface area contributed by atoms with E-state index in [1.807, 2.05) is 48.1 Å². The van der Waals surface area contributed by atoms with E-state index in [4.69, 9.17) is 5.26 Å². The monoisotopic (exact) mass is 212 g/mol. The molecule has 2 aromatic rings. The molecule has 1 aromatic carbocycles. The highest BCUT2D eigenvalue weighted by Crippen LogP contribution is 2.21. The van der Waals surface area contributed by atoms with Crippen molar-refractivity contribution in [2.24, 2.45) is 7.05 Å². The average Bonchev–Trinajstić information content (AvgIpc) is 2.65. The van der Waals surface area contributed by atoms with Gasteiger partial charge in [-0.05, 0) is 6.07 Å². The number of hydrogen-bond acceptors (Lipinski definition) is 2. The van der Waals surface area contributed by atoms with Gasteiger partial charge in [0.05, 0.1) is 6.07 Å². The van der Waals surface area contributed by atoms with E-state index in [0.29, 0.717) is 12.0 Å². The molecule has 0 amide bonds. The van der Waals surface area contributed by atoms with Crippen LogP contribution in [0.25, 0.3) is 10.9 Å². The Labute approximate surface area is 93.9 Å². The first kappa shape index (κ1) is 10.4. The minimum Gasteiger partial charge on any atom is -0.350 e. The molecule has 3 nitrogen and oxygen atoms in total. The number of rotatable bonds is 3. The van der Waals surface area contributed by atoms with Gasteiger partial charge in [-0.2, -0.15) is 5.26 Å². The van der Waals surface area contributed by atoms with Crippen LogP contribution in [-0.2, 0) is 7.05 Å². The van der Waals surface area contributed by atoms with Gasteiger partial charge in [-0.15, -0.1) is 0 Å². The van der Waals surface area contributed by atoms with Crippen molar-refractivity contribution in [2.75, 3.05) is 0 Å². The third-order valence-corrected chi connectivity index (χ3v) is 2.66. The van der Waals surface area contributed by atoms with Crippen molar-refractivity contribution in [3.8, 4) is 6.07 Å². The van der Waals surface area contributed by atoms with Crippen LogP contribution in [-0.4, -0.2) is 10.4 Å². The fourth-order valence-corrected chi connectivity index (χ4v) is 1.87. The highest BCUT2D eigenvalue weighted by atomic mass is 16.1. The molecule has 0 atom stereocenters. The van der Waals surface area contributed by atoms with Gasteiger partial charge in [-0.1, -0.05) is 18.2 Å². The number of nitrogens with zero attached hydrogens (tertiary/aromatic N) is 2. The zero-order valence-electron chi connectivity index (χ0n) is 9.10. The molecular weight excluding hydrogens is 200 g/mol. The van der Waals surface area contributed by atoms with Gasteiger partial charge in [0.25, 0.3) is 0 Å². The number of Topliss-reactive ketones (excluding diaryl/α,β-unsaturated/α-hetero) is 1. The summed E-state index contributed by atoms with van der Waals surface area (Å²) in [5.74, 6) is 0.0401. The Hall–Kier alpha value is -2.08. The number of aromatic nitrogens is 1. The summed E-state index contributed by atoms with van der Waals surface area (Å²) < 4.78 is 1.94. The van der Waals surface area contributed by atoms with Crippen LogP contribution in [0.3, 0.4) is 0 Å². The smallest absolute Gasteiger partial charge is 0.166 e. The molecule has 80 valence electrons. The van der Waals surface area contributed by atoms with Crippen molar-refractivity contribution >= 4 is 16.7 Å². The molecule has 3 heteroatoms. The lowest BCUT2D eigenvalue weighted by molar-refractivity contribution is 0.0985. The third-order valence-electron chi connectivity index (χ3n) is 2.66. The number of nitriles is 1. The second-order valence-corrected chi connectivity index (χ2v) is 3.75. The Balaban J connectivity index is 2.46. The molecule has 0 aliphatic heterocycles. The number of ketones is 1. The standard InChI is InChI=1S/C13H12N2O/c1-15-9-11(13(16)7-4-8-14)10-5-2-3-6-12(10)15/h2-3,5-6,9H,4,7H2,1H3. The minimum atomic E-state index is 0.0401. The van der Waals surface area contributed by atoms with Crippen LogP contribution in [0, 0.1) is 11.3 Å². The molecule has 0 spiro atoms. The van der Waals surface area contributed by atoms with Crippen molar-refractivity contribution in [2.45, 2.75) is 12.8 Å². The van der Waals surface area contributed by atoms with Crippen LogP contribution in [0.15, 0.2) is 30.5 Å². The van der Waals surface area contributed by atoms with Crippen molar-refractivity contribution in [3.05, 3.63) is 36.0 Å². The van der Waals surface area contributed by atoms with Gasteiger partial charge in [-0.25, -0.2) is 0 Å². The lowest BCUT2D eigenvalue weighted by Crippen LogP contribution is -1.97. The van der Waals surface area contributed by atoms with Crippen LogP contribution >= 0.6 is 0 Å². The number of para-hydroxylation sites is 1. The number of benzene rings is 1. The predicted molar refractivity (Wildman–Crippen MR) is 62.1 cm³/mol. The summed E-state index contributed by atoms with van der Waals surface area (Å²) in [6, 6.07) is 9.79. The molecule has 0 unspecified atom stereocenters. The van der Waals surface area contributed by atoms with Crippen molar-refractivity contribution < 1.29 is 4.79 Å². The molecule has 0 N–H and O–H groups in total. The summed E-state index contributed by atoms with van der Waals surface area (Å²) in [6.45, 7) is 0. The zero-order chi connectivity index (χ0) is 11.5. The van der Waals surface area contributed by atoms with E-state index in [2.05, 4.69) is 0 Å². The SMILES string of the molecule is Cn1cc(C(=O)CCC#N)c2ccccc21. The fourth-order valence-electron chi connectivity index (χ4n) is 1.87. The quantitative estimate of drug-likeness (QED) is 0.734. The van der Waals surface area contributed by atoms with Crippen molar-refractivity contribution in [1.82, 2.24) is 4.57 Å². The Morgan fingerprint density at radius 2 is 2.19 bits per heavy atom. The third kappa shape index (κ3) is 1.70. The Morgan fingerprint density at radius 3 is 2.94 bits per heavy atom. The van der Waals surface area contributed by atoms with Crippen LogP contribution in [0.4, 0.5) is 0 Å². The van der Waals surface area contributed by atoms with E-state index in [0.717, 1.165) is 10.9 Å². The van der Waals surface area contributed by atoms with Crippen molar-refractivity contribution in [3.63, 3.8) is 0 Å². The van der Waals surface area contributed by atoms with Crippen LogP contribution < -0.4 is 0 Å². The van der Waals surface area contributed by atoms with Gasteiger partial charge in [0, 0.05) is 42.6 Å². The van der Waals surface area contributed by atoms with E-state index >= 15 is 0 Å². The summed E-state index contributed by atoms with van der Waals surface area (Å²) in [5, 5.41) is 9.44. The summed E-state index contributed by atoms with van der Waals surface area (Å²) in [4.78, 5) is 11.9. The maximum Gasteiger partial charge on any atom is 0.166 e. The first-order valence-corrected chi connectivity index (χ1v) is 5.18. The summed E-state index contributed by atoms with van der Waals surface area (Å²) in [7, 11) is 1.92. The molecule has 0 bridgehead atoms. The second-order valence-electron chi connectivity index (χ2n) is 3.75. The molecule has 0 radical (unpaired) electrons. The molecule has 1 heterocycles. The summed E-state index contributed by atoms with van der Waals surface area (Å²) in [5.41, 5.74) is 1.76. The summed E-state index contributed by atoms with van der Waals surface area (Å²) >= 11 is 0. The van der Waals surface area contributed by atoms with Gasteiger partial charge < -0.3 is 4.57 Å².